The van der Waals surface area contributed by atoms with Gasteiger partial charge in [-0.1, -0.05) is 12.1 Å². The van der Waals surface area contributed by atoms with E-state index in [1.165, 1.54) is 0 Å². The van der Waals surface area contributed by atoms with Crippen LogP contribution >= 0.6 is 0 Å². The lowest BCUT2D eigenvalue weighted by molar-refractivity contribution is 0.0697. The molecule has 0 atom stereocenters. The Labute approximate surface area is 123 Å². The summed E-state index contributed by atoms with van der Waals surface area (Å²) in [6, 6.07) is 6.86. The first-order valence-electron chi connectivity index (χ1n) is 6.71. The second-order valence-electron chi connectivity index (χ2n) is 4.71. The number of carboxylic acids is 1. The van der Waals surface area contributed by atoms with Gasteiger partial charge in [-0.2, -0.15) is 0 Å². The van der Waals surface area contributed by atoms with Crippen molar-refractivity contribution in [2.45, 2.75) is 13.1 Å². The van der Waals surface area contributed by atoms with E-state index in [4.69, 9.17) is 9.84 Å². The SMILES string of the molecule is COCCNCc1cn(Cc2ccc(C(=O)O)cc2)cn1. The van der Waals surface area contributed by atoms with E-state index in [0.717, 1.165) is 17.8 Å². The lowest BCUT2D eigenvalue weighted by atomic mass is 10.1. The highest BCUT2D eigenvalue weighted by Crippen LogP contribution is 2.07. The van der Waals surface area contributed by atoms with Crippen LogP contribution in [0.2, 0.25) is 0 Å². The van der Waals surface area contributed by atoms with Gasteiger partial charge in [-0.05, 0) is 17.7 Å². The Hall–Kier alpha value is -2.18. The van der Waals surface area contributed by atoms with Crippen LogP contribution in [0.5, 0.6) is 0 Å². The summed E-state index contributed by atoms with van der Waals surface area (Å²) >= 11 is 0. The number of benzene rings is 1. The zero-order valence-electron chi connectivity index (χ0n) is 12.0. The normalized spacial score (nSPS) is 10.7. The minimum absolute atomic E-state index is 0.299. The number of carbonyl (C=O) groups is 1. The first-order valence-corrected chi connectivity index (χ1v) is 6.71. The van der Waals surface area contributed by atoms with Gasteiger partial charge in [0.25, 0.3) is 0 Å². The van der Waals surface area contributed by atoms with Crippen LogP contribution in [-0.4, -0.2) is 40.9 Å². The number of rotatable bonds is 8. The molecule has 6 nitrogen and oxygen atoms in total. The van der Waals surface area contributed by atoms with Crippen molar-refractivity contribution in [2.75, 3.05) is 20.3 Å². The predicted octanol–water partition coefficient (Wildman–Crippen LogP) is 1.37. The first kappa shape index (κ1) is 15.2. The number of methoxy groups -OCH3 is 1. The van der Waals surface area contributed by atoms with Crippen LogP contribution in [0.3, 0.4) is 0 Å². The van der Waals surface area contributed by atoms with E-state index in [2.05, 4.69) is 10.3 Å². The Balaban J connectivity index is 1.88. The molecular weight excluding hydrogens is 270 g/mol. The van der Waals surface area contributed by atoms with Gasteiger partial charge >= 0.3 is 5.97 Å². The molecule has 0 fully saturated rings. The molecule has 0 bridgehead atoms. The molecule has 0 saturated heterocycles. The van der Waals surface area contributed by atoms with E-state index in [1.54, 1.807) is 25.6 Å². The van der Waals surface area contributed by atoms with Crippen molar-refractivity contribution in [3.8, 4) is 0 Å². The van der Waals surface area contributed by atoms with Gasteiger partial charge in [0.2, 0.25) is 0 Å². The Morgan fingerprint density at radius 1 is 1.38 bits per heavy atom. The minimum atomic E-state index is -0.909. The molecule has 1 aromatic carbocycles. The number of nitrogens with one attached hydrogen (secondary N) is 1. The highest BCUT2D eigenvalue weighted by molar-refractivity contribution is 5.87. The number of hydrogen-bond donors (Lipinski definition) is 2. The van der Waals surface area contributed by atoms with Gasteiger partial charge in [0.05, 0.1) is 24.2 Å². The zero-order chi connectivity index (χ0) is 15.1. The van der Waals surface area contributed by atoms with E-state index in [9.17, 15) is 4.79 Å². The molecule has 6 heteroatoms. The number of imidazole rings is 1. The van der Waals surface area contributed by atoms with E-state index >= 15 is 0 Å². The van der Waals surface area contributed by atoms with Gasteiger partial charge in [-0.15, -0.1) is 0 Å². The smallest absolute Gasteiger partial charge is 0.335 e. The molecular formula is C15H19N3O3. The molecule has 21 heavy (non-hydrogen) atoms. The minimum Gasteiger partial charge on any atom is -0.478 e. The molecule has 0 amide bonds. The van der Waals surface area contributed by atoms with Gasteiger partial charge in [0, 0.05) is 32.9 Å². The average Bonchev–Trinajstić information content (AvgIpc) is 2.92. The first-order chi connectivity index (χ1) is 10.2. The molecule has 0 aliphatic carbocycles. The number of aromatic nitrogens is 2. The van der Waals surface area contributed by atoms with Gasteiger partial charge in [0.15, 0.2) is 0 Å². The third-order valence-corrected chi connectivity index (χ3v) is 3.04. The molecule has 1 aromatic heterocycles. The highest BCUT2D eigenvalue weighted by atomic mass is 16.5. The van der Waals surface area contributed by atoms with Crippen molar-refractivity contribution in [1.82, 2.24) is 14.9 Å². The Morgan fingerprint density at radius 2 is 2.14 bits per heavy atom. The highest BCUT2D eigenvalue weighted by Gasteiger charge is 2.03. The topological polar surface area (TPSA) is 76.4 Å². The largest absolute Gasteiger partial charge is 0.478 e. The molecule has 0 radical (unpaired) electrons. The van der Waals surface area contributed by atoms with Crippen molar-refractivity contribution in [3.05, 3.63) is 53.6 Å². The van der Waals surface area contributed by atoms with Gasteiger partial charge < -0.3 is 19.7 Å². The third-order valence-electron chi connectivity index (χ3n) is 3.04. The molecule has 0 aliphatic rings. The Kier molecular flexibility index (Phi) is 5.48. The van der Waals surface area contributed by atoms with Crippen molar-refractivity contribution < 1.29 is 14.6 Å². The van der Waals surface area contributed by atoms with Crippen LogP contribution in [0, 0.1) is 0 Å². The molecule has 2 rings (SSSR count). The monoisotopic (exact) mass is 289 g/mol. The molecule has 0 unspecified atom stereocenters. The van der Waals surface area contributed by atoms with E-state index in [-0.39, 0.29) is 0 Å². The summed E-state index contributed by atoms with van der Waals surface area (Å²) in [7, 11) is 1.67. The second kappa shape index (κ2) is 7.56. The summed E-state index contributed by atoms with van der Waals surface area (Å²) in [5.41, 5.74) is 2.30. The second-order valence-corrected chi connectivity index (χ2v) is 4.71. The molecule has 1 heterocycles. The molecule has 0 aliphatic heterocycles. The van der Waals surface area contributed by atoms with Crippen molar-refractivity contribution in [1.29, 1.82) is 0 Å². The predicted molar refractivity (Wildman–Crippen MR) is 78.3 cm³/mol. The lowest BCUT2D eigenvalue weighted by Gasteiger charge is -2.03. The summed E-state index contributed by atoms with van der Waals surface area (Å²) in [5, 5.41) is 12.1. The van der Waals surface area contributed by atoms with Crippen LogP contribution in [0.1, 0.15) is 21.6 Å². The molecule has 2 aromatic rings. The maximum atomic E-state index is 10.8. The summed E-state index contributed by atoms with van der Waals surface area (Å²) in [4.78, 5) is 15.1. The fourth-order valence-corrected chi connectivity index (χ4v) is 1.94. The van der Waals surface area contributed by atoms with Crippen LogP contribution < -0.4 is 5.32 Å². The fourth-order valence-electron chi connectivity index (χ4n) is 1.94. The zero-order valence-corrected chi connectivity index (χ0v) is 12.0. The maximum Gasteiger partial charge on any atom is 0.335 e. The molecule has 0 spiro atoms. The number of hydrogen-bond acceptors (Lipinski definition) is 4. The summed E-state index contributed by atoms with van der Waals surface area (Å²) in [6.45, 7) is 2.84. The quantitative estimate of drug-likeness (QED) is 0.718. The number of nitrogens with zero attached hydrogens (tertiary/aromatic N) is 2. The number of carboxylic acid groups (broad SMARTS) is 1. The number of aromatic carboxylic acids is 1. The van der Waals surface area contributed by atoms with Gasteiger partial charge in [-0.25, -0.2) is 9.78 Å². The van der Waals surface area contributed by atoms with Gasteiger partial charge in [-0.3, -0.25) is 0 Å². The van der Waals surface area contributed by atoms with Crippen LogP contribution in [0.15, 0.2) is 36.8 Å². The standard InChI is InChI=1S/C15H19N3O3/c1-21-7-6-16-8-14-10-18(11-17-14)9-12-2-4-13(5-3-12)15(19)20/h2-5,10-11,16H,6-9H2,1H3,(H,19,20). The Morgan fingerprint density at radius 3 is 2.81 bits per heavy atom. The van der Waals surface area contributed by atoms with E-state index in [1.807, 2.05) is 22.9 Å². The maximum absolute atomic E-state index is 10.8. The van der Waals surface area contributed by atoms with Crippen molar-refractivity contribution in [2.24, 2.45) is 0 Å². The van der Waals surface area contributed by atoms with Crippen molar-refractivity contribution in [3.63, 3.8) is 0 Å². The molecule has 2 N–H and O–H groups in total. The summed E-state index contributed by atoms with van der Waals surface area (Å²) in [6.07, 6.45) is 3.75. The molecule has 0 saturated carbocycles. The van der Waals surface area contributed by atoms with Crippen LogP contribution in [0.4, 0.5) is 0 Å². The van der Waals surface area contributed by atoms with E-state index < -0.39 is 5.97 Å². The van der Waals surface area contributed by atoms with Crippen LogP contribution in [0.25, 0.3) is 0 Å². The fraction of sp³-hybridized carbons (Fsp3) is 0.333. The van der Waals surface area contributed by atoms with Crippen molar-refractivity contribution >= 4 is 5.97 Å². The third kappa shape index (κ3) is 4.70. The lowest BCUT2D eigenvalue weighted by Crippen LogP contribution is -2.18. The van der Waals surface area contributed by atoms with Crippen LogP contribution in [-0.2, 0) is 17.8 Å². The Bertz CT molecular complexity index is 578. The average molecular weight is 289 g/mol. The summed E-state index contributed by atoms with van der Waals surface area (Å²) < 4.78 is 6.94. The number of ether oxygens (including phenoxy) is 1. The van der Waals surface area contributed by atoms with Gasteiger partial charge in [0.1, 0.15) is 0 Å². The summed E-state index contributed by atoms with van der Waals surface area (Å²) in [5.74, 6) is -0.909. The molecule has 112 valence electrons. The van der Waals surface area contributed by atoms with E-state index in [0.29, 0.717) is 25.3 Å².